The topological polar surface area (TPSA) is 32.3 Å². The third-order valence-corrected chi connectivity index (χ3v) is 3.89. The lowest BCUT2D eigenvalue weighted by atomic mass is 10.1. The molecule has 0 aliphatic heterocycles. The number of carbonyl (C=O) groups excluding carboxylic acids is 1. The second-order valence-corrected chi connectivity index (χ2v) is 5.52. The average molecular weight is 314 g/mol. The minimum atomic E-state index is -0.294. The van der Waals surface area contributed by atoms with Gasteiger partial charge in [0.15, 0.2) is 0 Å². The molecule has 0 fully saturated rings. The van der Waals surface area contributed by atoms with Gasteiger partial charge in [-0.1, -0.05) is 12.1 Å². The molecule has 0 aliphatic carbocycles. The molecule has 1 amide bonds. The highest BCUT2D eigenvalue weighted by Crippen LogP contribution is 2.22. The lowest BCUT2D eigenvalue weighted by Crippen LogP contribution is -2.22. The van der Waals surface area contributed by atoms with Gasteiger partial charge in [-0.25, -0.2) is 4.39 Å². The highest BCUT2D eigenvalue weighted by atomic mass is 19.1. The number of aryl methyl sites for hydroxylation is 1. The van der Waals surface area contributed by atoms with Gasteiger partial charge in [0.2, 0.25) is 5.91 Å². The fourth-order valence-electron chi connectivity index (χ4n) is 2.56. The first-order chi connectivity index (χ1) is 11.0. The van der Waals surface area contributed by atoms with Gasteiger partial charge in [0, 0.05) is 24.5 Å². The molecular weight excluding hydrogens is 291 g/mol. The predicted octanol–water partition coefficient (Wildman–Crippen LogP) is 4.16. The second kappa shape index (κ2) is 7.77. The van der Waals surface area contributed by atoms with Crippen LogP contribution in [0, 0.1) is 12.7 Å². The van der Waals surface area contributed by atoms with E-state index in [-0.39, 0.29) is 18.1 Å². The number of hydrogen-bond donors (Lipinski definition) is 1. The van der Waals surface area contributed by atoms with Crippen molar-refractivity contribution in [2.24, 2.45) is 0 Å². The summed E-state index contributed by atoms with van der Waals surface area (Å²) in [4.78, 5) is 14.4. The van der Waals surface area contributed by atoms with Crippen molar-refractivity contribution in [3.63, 3.8) is 0 Å². The first-order valence-corrected chi connectivity index (χ1v) is 7.93. The van der Waals surface area contributed by atoms with E-state index in [1.807, 2.05) is 19.1 Å². The average Bonchev–Trinajstić information content (AvgIpc) is 2.53. The van der Waals surface area contributed by atoms with Crippen molar-refractivity contribution in [1.82, 2.24) is 0 Å². The van der Waals surface area contributed by atoms with Crippen molar-refractivity contribution >= 4 is 17.3 Å². The molecule has 0 heterocycles. The maximum Gasteiger partial charge on any atom is 0.228 e. The Hall–Kier alpha value is -2.36. The molecule has 2 aromatic carbocycles. The van der Waals surface area contributed by atoms with E-state index in [2.05, 4.69) is 30.1 Å². The number of benzene rings is 2. The van der Waals surface area contributed by atoms with Gasteiger partial charge in [-0.05, 0) is 62.2 Å². The quantitative estimate of drug-likeness (QED) is 0.868. The molecule has 4 heteroatoms. The van der Waals surface area contributed by atoms with Crippen molar-refractivity contribution in [1.29, 1.82) is 0 Å². The molecule has 0 radical (unpaired) electrons. The van der Waals surface area contributed by atoms with Gasteiger partial charge >= 0.3 is 0 Å². The largest absolute Gasteiger partial charge is 0.372 e. The number of nitrogens with one attached hydrogen (secondary N) is 1. The third kappa shape index (κ3) is 4.55. The smallest absolute Gasteiger partial charge is 0.228 e. The minimum Gasteiger partial charge on any atom is -0.372 e. The molecule has 0 saturated carbocycles. The molecule has 2 aromatic rings. The predicted molar refractivity (Wildman–Crippen MR) is 93.5 cm³/mol. The number of halogens is 1. The summed E-state index contributed by atoms with van der Waals surface area (Å²) in [5.74, 6) is -0.396. The molecule has 0 saturated heterocycles. The first-order valence-electron chi connectivity index (χ1n) is 7.93. The summed E-state index contributed by atoms with van der Waals surface area (Å²) >= 11 is 0. The molecule has 23 heavy (non-hydrogen) atoms. The van der Waals surface area contributed by atoms with Crippen molar-refractivity contribution in [3.05, 3.63) is 59.4 Å². The molecule has 0 bridgehead atoms. The molecule has 122 valence electrons. The van der Waals surface area contributed by atoms with E-state index < -0.39 is 0 Å². The second-order valence-electron chi connectivity index (χ2n) is 5.52. The summed E-state index contributed by atoms with van der Waals surface area (Å²) in [5.41, 5.74) is 3.79. The van der Waals surface area contributed by atoms with Gasteiger partial charge < -0.3 is 10.2 Å². The lowest BCUT2D eigenvalue weighted by Gasteiger charge is -2.22. The van der Waals surface area contributed by atoms with E-state index in [1.165, 1.54) is 12.1 Å². The summed E-state index contributed by atoms with van der Waals surface area (Å²) in [6.07, 6.45) is 0.234. The van der Waals surface area contributed by atoms with Crippen LogP contribution in [0.4, 0.5) is 15.8 Å². The van der Waals surface area contributed by atoms with E-state index >= 15 is 0 Å². The summed E-state index contributed by atoms with van der Waals surface area (Å²) in [5, 5.41) is 2.92. The Labute approximate surface area is 137 Å². The van der Waals surface area contributed by atoms with Gasteiger partial charge in [-0.15, -0.1) is 0 Å². The lowest BCUT2D eigenvalue weighted by molar-refractivity contribution is -0.115. The summed E-state index contributed by atoms with van der Waals surface area (Å²) in [6.45, 7) is 8.13. The number of amides is 1. The number of carbonyl (C=O) groups is 1. The van der Waals surface area contributed by atoms with Gasteiger partial charge in [0.1, 0.15) is 5.82 Å². The van der Waals surface area contributed by atoms with Crippen LogP contribution < -0.4 is 10.2 Å². The van der Waals surface area contributed by atoms with E-state index in [0.29, 0.717) is 0 Å². The van der Waals surface area contributed by atoms with Crippen LogP contribution in [0.3, 0.4) is 0 Å². The molecular formula is C19H23FN2O. The Morgan fingerprint density at radius 1 is 1.09 bits per heavy atom. The van der Waals surface area contributed by atoms with Crippen LogP contribution in [0.25, 0.3) is 0 Å². The van der Waals surface area contributed by atoms with Gasteiger partial charge in [0.25, 0.3) is 0 Å². The number of rotatable bonds is 6. The van der Waals surface area contributed by atoms with E-state index in [0.717, 1.165) is 35.6 Å². The summed E-state index contributed by atoms with van der Waals surface area (Å²) < 4.78 is 12.9. The molecule has 1 N–H and O–H groups in total. The zero-order valence-electron chi connectivity index (χ0n) is 13.9. The SMILES string of the molecule is CCN(CC)c1ccc(NC(=O)Cc2ccc(F)cc2)c(C)c1. The highest BCUT2D eigenvalue weighted by molar-refractivity contribution is 5.93. The van der Waals surface area contributed by atoms with E-state index in [4.69, 9.17) is 0 Å². The van der Waals surface area contributed by atoms with Gasteiger partial charge in [0.05, 0.1) is 6.42 Å². The normalized spacial score (nSPS) is 10.4. The number of anilines is 2. The molecule has 2 rings (SSSR count). The Balaban J connectivity index is 2.04. The molecule has 3 nitrogen and oxygen atoms in total. The molecule has 0 aliphatic rings. The van der Waals surface area contributed by atoms with Crippen LogP contribution in [0.5, 0.6) is 0 Å². The van der Waals surface area contributed by atoms with Crippen molar-refractivity contribution in [2.45, 2.75) is 27.2 Å². The Bertz CT molecular complexity index is 664. The number of nitrogens with zero attached hydrogens (tertiary/aromatic N) is 1. The molecule has 0 atom stereocenters. The standard InChI is InChI=1S/C19H23FN2O/c1-4-22(5-2)17-10-11-18(14(3)12-17)21-19(23)13-15-6-8-16(20)9-7-15/h6-12H,4-5,13H2,1-3H3,(H,21,23). The fraction of sp³-hybridized carbons (Fsp3) is 0.316. The maximum atomic E-state index is 12.9. The Morgan fingerprint density at radius 2 is 1.74 bits per heavy atom. The third-order valence-electron chi connectivity index (χ3n) is 3.89. The number of hydrogen-bond acceptors (Lipinski definition) is 2. The Kier molecular flexibility index (Phi) is 5.74. The summed E-state index contributed by atoms with van der Waals surface area (Å²) in [6, 6.07) is 12.0. The van der Waals surface area contributed by atoms with Crippen LogP contribution in [0.1, 0.15) is 25.0 Å². The van der Waals surface area contributed by atoms with Crippen molar-refractivity contribution in [2.75, 3.05) is 23.3 Å². The van der Waals surface area contributed by atoms with Gasteiger partial charge in [-0.2, -0.15) is 0 Å². The van der Waals surface area contributed by atoms with Crippen molar-refractivity contribution < 1.29 is 9.18 Å². The molecule has 0 unspecified atom stereocenters. The fourth-order valence-corrected chi connectivity index (χ4v) is 2.56. The highest BCUT2D eigenvalue weighted by Gasteiger charge is 2.08. The summed E-state index contributed by atoms with van der Waals surface area (Å²) in [7, 11) is 0. The zero-order valence-corrected chi connectivity index (χ0v) is 13.9. The van der Waals surface area contributed by atoms with Crippen LogP contribution in [-0.4, -0.2) is 19.0 Å². The minimum absolute atomic E-state index is 0.102. The van der Waals surface area contributed by atoms with E-state index in [1.54, 1.807) is 12.1 Å². The first kappa shape index (κ1) is 17.0. The Morgan fingerprint density at radius 3 is 2.30 bits per heavy atom. The van der Waals surface area contributed by atoms with Gasteiger partial charge in [-0.3, -0.25) is 4.79 Å². The maximum absolute atomic E-state index is 12.9. The molecule has 0 aromatic heterocycles. The van der Waals surface area contributed by atoms with Crippen molar-refractivity contribution in [3.8, 4) is 0 Å². The van der Waals surface area contributed by atoms with Crippen LogP contribution in [0.15, 0.2) is 42.5 Å². The monoisotopic (exact) mass is 314 g/mol. The van der Waals surface area contributed by atoms with Crippen LogP contribution >= 0.6 is 0 Å². The molecule has 0 spiro atoms. The zero-order chi connectivity index (χ0) is 16.8. The van der Waals surface area contributed by atoms with E-state index in [9.17, 15) is 9.18 Å². The van der Waals surface area contributed by atoms with Crippen LogP contribution in [0.2, 0.25) is 0 Å². The van der Waals surface area contributed by atoms with Crippen LogP contribution in [-0.2, 0) is 11.2 Å².